The van der Waals surface area contributed by atoms with Gasteiger partial charge in [-0.1, -0.05) is 22.9 Å². The van der Waals surface area contributed by atoms with Crippen molar-refractivity contribution in [2.45, 2.75) is 32.4 Å². The Kier molecular flexibility index (Phi) is 7.17. The molecule has 1 saturated heterocycles. The number of aliphatic imine (C=N–C) groups is 1. The van der Waals surface area contributed by atoms with Gasteiger partial charge in [0.05, 0.1) is 20.8 Å². The van der Waals surface area contributed by atoms with Gasteiger partial charge in [-0.2, -0.15) is 0 Å². The van der Waals surface area contributed by atoms with E-state index in [1.165, 1.54) is 19.4 Å². The fourth-order valence-electron chi connectivity index (χ4n) is 3.01. The number of likely N-dealkylation sites (N-methyl/N-ethyl adjacent to an activating group) is 1. The smallest absolute Gasteiger partial charge is 0.188 e. The van der Waals surface area contributed by atoms with Crippen LogP contribution in [0, 0.1) is 0 Å². The van der Waals surface area contributed by atoms with Crippen LogP contribution in [0.3, 0.4) is 0 Å². The van der Waals surface area contributed by atoms with Gasteiger partial charge in [0.2, 0.25) is 0 Å². The van der Waals surface area contributed by atoms with E-state index in [-0.39, 0.29) is 0 Å². The van der Waals surface area contributed by atoms with Crippen LogP contribution in [0.4, 0.5) is 0 Å². The molecule has 1 atom stereocenters. The van der Waals surface area contributed by atoms with E-state index in [9.17, 15) is 0 Å². The van der Waals surface area contributed by atoms with Gasteiger partial charge in [0.25, 0.3) is 0 Å². The van der Waals surface area contributed by atoms with Gasteiger partial charge >= 0.3 is 0 Å². The largest absolute Gasteiger partial charge is 0.493 e. The molecule has 0 radical (unpaired) electrons. The second-order valence-electron chi connectivity index (χ2n) is 5.81. The molecule has 1 aromatic carbocycles. The van der Waals surface area contributed by atoms with Crippen molar-refractivity contribution >= 4 is 21.9 Å². The molecule has 6 nitrogen and oxygen atoms in total. The minimum absolute atomic E-state index is 0.472. The first-order valence-electron chi connectivity index (χ1n) is 8.27. The Morgan fingerprint density at radius 1 is 1.38 bits per heavy atom. The van der Waals surface area contributed by atoms with E-state index in [1.807, 2.05) is 12.1 Å². The van der Waals surface area contributed by atoms with Crippen LogP contribution in [0.1, 0.15) is 25.3 Å². The lowest BCUT2D eigenvalue weighted by Gasteiger charge is -2.23. The number of ether oxygens (including phenoxy) is 2. The lowest BCUT2D eigenvalue weighted by Crippen LogP contribution is -2.42. The number of hydrogen-bond acceptors (Lipinski definition) is 4. The number of benzene rings is 1. The number of hydrogen-bond donors (Lipinski definition) is 2. The third-order valence-corrected chi connectivity index (χ3v) is 5.13. The number of methoxy groups -OCH3 is 2. The van der Waals surface area contributed by atoms with Crippen molar-refractivity contribution in [3.63, 3.8) is 0 Å². The number of rotatable bonds is 7. The number of nitrogens with two attached hydrogens (primary N) is 1. The summed E-state index contributed by atoms with van der Waals surface area (Å²) in [4.78, 5) is 6.91. The molecule has 1 heterocycles. The molecular weight excluding hydrogens is 372 g/mol. The molecule has 7 heteroatoms. The van der Waals surface area contributed by atoms with Gasteiger partial charge in [-0.15, -0.1) is 0 Å². The lowest BCUT2D eigenvalue weighted by molar-refractivity contribution is 0.267. The summed E-state index contributed by atoms with van der Waals surface area (Å²) >= 11 is 3.54. The van der Waals surface area contributed by atoms with Gasteiger partial charge in [-0.3, -0.25) is 4.90 Å². The SMILES string of the molecule is CCN1CCCC1CNC(N)=NCc1cc(OC)c(OC)cc1Br. The van der Waals surface area contributed by atoms with Crippen LogP contribution in [0.25, 0.3) is 0 Å². The van der Waals surface area contributed by atoms with E-state index >= 15 is 0 Å². The Morgan fingerprint density at radius 2 is 2.08 bits per heavy atom. The highest BCUT2D eigenvalue weighted by Crippen LogP contribution is 2.33. The molecule has 0 spiro atoms. The first-order chi connectivity index (χ1) is 11.6. The molecule has 0 amide bonds. The molecule has 24 heavy (non-hydrogen) atoms. The van der Waals surface area contributed by atoms with Gasteiger partial charge in [0.15, 0.2) is 17.5 Å². The van der Waals surface area contributed by atoms with E-state index in [1.54, 1.807) is 14.2 Å². The van der Waals surface area contributed by atoms with Gasteiger partial charge in [0, 0.05) is 17.1 Å². The first-order valence-corrected chi connectivity index (χ1v) is 9.06. The Labute approximate surface area is 152 Å². The lowest BCUT2D eigenvalue weighted by atomic mass is 10.2. The van der Waals surface area contributed by atoms with Crippen LogP contribution in [-0.2, 0) is 6.54 Å². The van der Waals surface area contributed by atoms with Crippen LogP contribution in [-0.4, -0.2) is 50.8 Å². The summed E-state index contributed by atoms with van der Waals surface area (Å²) < 4.78 is 11.5. The molecule has 1 fully saturated rings. The number of nitrogens with zero attached hydrogens (tertiary/aromatic N) is 2. The molecule has 134 valence electrons. The number of nitrogens with one attached hydrogen (secondary N) is 1. The summed E-state index contributed by atoms with van der Waals surface area (Å²) in [5.41, 5.74) is 7.01. The van der Waals surface area contributed by atoms with Crippen molar-refractivity contribution in [3.05, 3.63) is 22.2 Å². The van der Waals surface area contributed by atoms with E-state index < -0.39 is 0 Å². The molecule has 1 unspecified atom stereocenters. The van der Waals surface area contributed by atoms with Crippen molar-refractivity contribution in [2.75, 3.05) is 33.9 Å². The molecule has 0 saturated carbocycles. The third kappa shape index (κ3) is 4.77. The summed E-state index contributed by atoms with van der Waals surface area (Å²) in [6, 6.07) is 4.34. The zero-order chi connectivity index (χ0) is 17.5. The highest BCUT2D eigenvalue weighted by molar-refractivity contribution is 9.10. The molecule has 3 N–H and O–H groups in total. The Morgan fingerprint density at radius 3 is 2.75 bits per heavy atom. The summed E-state index contributed by atoms with van der Waals surface area (Å²) in [6.45, 7) is 5.78. The zero-order valence-electron chi connectivity index (χ0n) is 14.6. The van der Waals surface area contributed by atoms with Gasteiger partial charge in [-0.25, -0.2) is 4.99 Å². The molecule has 1 aliphatic heterocycles. The van der Waals surface area contributed by atoms with Crippen molar-refractivity contribution in [1.29, 1.82) is 0 Å². The highest BCUT2D eigenvalue weighted by Gasteiger charge is 2.22. The number of halogens is 1. The quantitative estimate of drug-likeness (QED) is 0.544. The summed E-state index contributed by atoms with van der Waals surface area (Å²) in [6.07, 6.45) is 2.48. The maximum atomic E-state index is 6.01. The maximum absolute atomic E-state index is 6.01. The van der Waals surface area contributed by atoms with Crippen LogP contribution in [0.15, 0.2) is 21.6 Å². The normalized spacial score (nSPS) is 18.7. The van der Waals surface area contributed by atoms with E-state index in [0.29, 0.717) is 30.0 Å². The molecule has 0 aromatic heterocycles. The fourth-order valence-corrected chi connectivity index (χ4v) is 3.46. The van der Waals surface area contributed by atoms with Gasteiger partial charge in [0.1, 0.15) is 0 Å². The summed E-state index contributed by atoms with van der Waals surface area (Å²) in [5.74, 6) is 1.84. The predicted octanol–water partition coefficient (Wildman–Crippen LogP) is 2.35. The van der Waals surface area contributed by atoms with Crippen LogP contribution < -0.4 is 20.5 Å². The minimum atomic E-state index is 0.472. The van der Waals surface area contributed by atoms with E-state index in [4.69, 9.17) is 15.2 Å². The summed E-state index contributed by atoms with van der Waals surface area (Å²) in [5, 5.41) is 3.24. The molecular formula is C17H27BrN4O2. The second kappa shape index (κ2) is 9.13. The van der Waals surface area contributed by atoms with Crippen molar-refractivity contribution in [1.82, 2.24) is 10.2 Å². The molecule has 1 aromatic rings. The first kappa shape index (κ1) is 18.9. The Bertz CT molecular complexity index is 580. The predicted molar refractivity (Wildman–Crippen MR) is 101 cm³/mol. The zero-order valence-corrected chi connectivity index (χ0v) is 16.2. The van der Waals surface area contributed by atoms with Crippen molar-refractivity contribution < 1.29 is 9.47 Å². The number of guanidine groups is 1. The fraction of sp³-hybridized carbons (Fsp3) is 0.588. The molecule has 1 aliphatic rings. The van der Waals surface area contributed by atoms with Crippen LogP contribution in [0.2, 0.25) is 0 Å². The van der Waals surface area contributed by atoms with Crippen LogP contribution in [0.5, 0.6) is 11.5 Å². The number of likely N-dealkylation sites (tertiary alicyclic amines) is 1. The van der Waals surface area contributed by atoms with Crippen molar-refractivity contribution in [2.24, 2.45) is 10.7 Å². The monoisotopic (exact) mass is 398 g/mol. The molecule has 0 aliphatic carbocycles. The standard InChI is InChI=1S/C17H27BrN4O2/c1-4-22-7-5-6-13(22)11-21-17(19)20-10-12-8-15(23-2)16(24-3)9-14(12)18/h8-9,13H,4-7,10-11H2,1-3H3,(H3,19,20,21). The van der Waals surface area contributed by atoms with Crippen molar-refractivity contribution in [3.8, 4) is 11.5 Å². The average molecular weight is 399 g/mol. The van der Waals surface area contributed by atoms with Crippen LogP contribution >= 0.6 is 15.9 Å². The summed E-state index contributed by atoms with van der Waals surface area (Å²) in [7, 11) is 3.24. The Balaban J connectivity index is 1.94. The molecule has 2 rings (SSSR count). The topological polar surface area (TPSA) is 72.1 Å². The maximum Gasteiger partial charge on any atom is 0.188 e. The Hall–Kier alpha value is -1.47. The minimum Gasteiger partial charge on any atom is -0.493 e. The van der Waals surface area contributed by atoms with Gasteiger partial charge < -0.3 is 20.5 Å². The second-order valence-corrected chi connectivity index (χ2v) is 6.66. The third-order valence-electron chi connectivity index (χ3n) is 4.40. The van der Waals surface area contributed by atoms with E-state index in [2.05, 4.69) is 38.1 Å². The average Bonchev–Trinajstić information content (AvgIpc) is 3.06. The molecule has 0 bridgehead atoms. The highest BCUT2D eigenvalue weighted by atomic mass is 79.9. The van der Waals surface area contributed by atoms with E-state index in [0.717, 1.165) is 23.1 Å². The van der Waals surface area contributed by atoms with Gasteiger partial charge in [-0.05, 0) is 43.6 Å².